The lowest BCUT2D eigenvalue weighted by atomic mass is 10.2. The molecule has 2 atom stereocenters. The van der Waals surface area contributed by atoms with Gasteiger partial charge in [0.25, 0.3) is 5.91 Å². The first-order valence-electron chi connectivity index (χ1n) is 5.46. The molecule has 96 valence electrons. The fourth-order valence-corrected chi connectivity index (χ4v) is 1.68. The van der Waals surface area contributed by atoms with Crippen molar-refractivity contribution in [2.24, 2.45) is 0 Å². The Hall–Kier alpha value is -1.40. The van der Waals surface area contributed by atoms with E-state index in [0.29, 0.717) is 13.0 Å². The standard InChI is InChI=1S/C11H18N2O4/c1-13(6-5-10(15)12-8-14)11-4-3-9(17-11)7-16-2/h5-6,8-9,11H,3-4,7H2,1-2H3,(H,12,14,15)/b6-5-. The minimum Gasteiger partial charge on any atom is -0.382 e. The van der Waals surface area contributed by atoms with Gasteiger partial charge < -0.3 is 14.4 Å². The molecular weight excluding hydrogens is 224 g/mol. The largest absolute Gasteiger partial charge is 0.382 e. The first-order valence-corrected chi connectivity index (χ1v) is 5.46. The van der Waals surface area contributed by atoms with Gasteiger partial charge in [-0.2, -0.15) is 0 Å². The highest BCUT2D eigenvalue weighted by Gasteiger charge is 2.26. The molecule has 0 aliphatic carbocycles. The number of ether oxygens (including phenoxy) is 2. The highest BCUT2D eigenvalue weighted by Crippen LogP contribution is 2.21. The predicted octanol–water partition coefficient (Wildman–Crippen LogP) is -0.144. The molecule has 1 fully saturated rings. The van der Waals surface area contributed by atoms with E-state index in [2.05, 4.69) is 0 Å². The van der Waals surface area contributed by atoms with Gasteiger partial charge in [0.1, 0.15) is 6.23 Å². The van der Waals surface area contributed by atoms with Gasteiger partial charge in [0.15, 0.2) is 0 Å². The first-order chi connectivity index (χ1) is 8.17. The summed E-state index contributed by atoms with van der Waals surface area (Å²) in [4.78, 5) is 22.8. The molecule has 6 nitrogen and oxygen atoms in total. The van der Waals surface area contributed by atoms with Gasteiger partial charge in [0.05, 0.1) is 12.7 Å². The van der Waals surface area contributed by atoms with Crippen molar-refractivity contribution in [3.05, 3.63) is 12.3 Å². The van der Waals surface area contributed by atoms with Crippen LogP contribution in [-0.2, 0) is 19.1 Å². The third-order valence-electron chi connectivity index (χ3n) is 2.55. The molecule has 0 saturated carbocycles. The number of hydrogen-bond acceptors (Lipinski definition) is 5. The average Bonchev–Trinajstić information content (AvgIpc) is 2.75. The van der Waals surface area contributed by atoms with Gasteiger partial charge in [-0.3, -0.25) is 14.9 Å². The van der Waals surface area contributed by atoms with E-state index < -0.39 is 5.91 Å². The Balaban J connectivity index is 2.36. The number of rotatable bonds is 6. The lowest BCUT2D eigenvalue weighted by molar-refractivity contribution is -0.121. The Morgan fingerprint density at radius 1 is 1.59 bits per heavy atom. The molecule has 0 spiro atoms. The van der Waals surface area contributed by atoms with Gasteiger partial charge in [-0.05, 0) is 12.8 Å². The van der Waals surface area contributed by atoms with Crippen LogP contribution in [0.15, 0.2) is 12.3 Å². The van der Waals surface area contributed by atoms with E-state index >= 15 is 0 Å². The number of hydrogen-bond donors (Lipinski definition) is 1. The number of amides is 2. The van der Waals surface area contributed by atoms with Crippen LogP contribution in [0.25, 0.3) is 0 Å². The molecule has 0 aromatic heterocycles. The minimum atomic E-state index is -0.446. The van der Waals surface area contributed by atoms with E-state index in [4.69, 9.17) is 9.47 Å². The molecule has 0 aromatic rings. The van der Waals surface area contributed by atoms with Crippen molar-refractivity contribution in [1.82, 2.24) is 10.2 Å². The lowest BCUT2D eigenvalue weighted by Crippen LogP contribution is -2.29. The zero-order chi connectivity index (χ0) is 12.7. The third-order valence-corrected chi connectivity index (χ3v) is 2.55. The van der Waals surface area contributed by atoms with Crippen molar-refractivity contribution in [3.63, 3.8) is 0 Å². The van der Waals surface area contributed by atoms with Crippen molar-refractivity contribution >= 4 is 12.3 Å². The topological polar surface area (TPSA) is 67.9 Å². The van der Waals surface area contributed by atoms with Gasteiger partial charge in [-0.15, -0.1) is 0 Å². The lowest BCUT2D eigenvalue weighted by Gasteiger charge is -2.22. The van der Waals surface area contributed by atoms with E-state index in [0.717, 1.165) is 12.8 Å². The van der Waals surface area contributed by atoms with Crippen LogP contribution in [-0.4, -0.2) is 50.3 Å². The van der Waals surface area contributed by atoms with Crippen molar-refractivity contribution in [2.75, 3.05) is 20.8 Å². The zero-order valence-electron chi connectivity index (χ0n) is 10.1. The summed E-state index contributed by atoms with van der Waals surface area (Å²) in [6, 6.07) is 0. The summed E-state index contributed by atoms with van der Waals surface area (Å²) in [5, 5.41) is 2.03. The normalized spacial score (nSPS) is 23.9. The van der Waals surface area contributed by atoms with E-state index in [1.165, 1.54) is 6.08 Å². The van der Waals surface area contributed by atoms with Crippen LogP contribution in [0.4, 0.5) is 0 Å². The van der Waals surface area contributed by atoms with Crippen molar-refractivity contribution < 1.29 is 19.1 Å². The number of nitrogens with one attached hydrogen (secondary N) is 1. The molecule has 1 heterocycles. The summed E-state index contributed by atoms with van der Waals surface area (Å²) >= 11 is 0. The quantitative estimate of drug-likeness (QED) is 0.518. The summed E-state index contributed by atoms with van der Waals surface area (Å²) in [5.41, 5.74) is 0. The van der Waals surface area contributed by atoms with Crippen LogP contribution in [0.5, 0.6) is 0 Å². The van der Waals surface area contributed by atoms with Gasteiger partial charge in [0, 0.05) is 26.4 Å². The molecule has 0 bridgehead atoms. The van der Waals surface area contributed by atoms with Crippen LogP contribution in [0.1, 0.15) is 12.8 Å². The summed E-state index contributed by atoms with van der Waals surface area (Å²) in [6.07, 6.45) is 5.15. The Morgan fingerprint density at radius 3 is 3.00 bits per heavy atom. The Bertz CT molecular complexity index is 293. The molecule has 1 rings (SSSR count). The second-order valence-corrected chi connectivity index (χ2v) is 3.85. The number of carbonyl (C=O) groups is 2. The number of methoxy groups -OCH3 is 1. The predicted molar refractivity (Wildman–Crippen MR) is 60.9 cm³/mol. The smallest absolute Gasteiger partial charge is 0.251 e. The number of carbonyl (C=O) groups excluding carboxylic acids is 2. The highest BCUT2D eigenvalue weighted by atomic mass is 16.5. The van der Waals surface area contributed by atoms with Crippen LogP contribution < -0.4 is 5.32 Å². The second-order valence-electron chi connectivity index (χ2n) is 3.85. The second kappa shape index (κ2) is 7.03. The zero-order valence-corrected chi connectivity index (χ0v) is 10.1. The fraction of sp³-hybridized carbons (Fsp3) is 0.636. The first kappa shape index (κ1) is 13.7. The summed E-state index contributed by atoms with van der Waals surface area (Å²) < 4.78 is 10.7. The van der Waals surface area contributed by atoms with Gasteiger partial charge in [-0.25, -0.2) is 0 Å². The van der Waals surface area contributed by atoms with Crippen LogP contribution >= 0.6 is 0 Å². The maximum atomic E-state index is 11.0. The van der Waals surface area contributed by atoms with E-state index in [1.807, 2.05) is 12.4 Å². The monoisotopic (exact) mass is 242 g/mol. The number of nitrogens with zero attached hydrogens (tertiary/aromatic N) is 1. The molecule has 0 aromatic carbocycles. The summed E-state index contributed by atoms with van der Waals surface area (Å²) in [5.74, 6) is -0.446. The van der Waals surface area contributed by atoms with Crippen molar-refractivity contribution in [2.45, 2.75) is 25.2 Å². The van der Waals surface area contributed by atoms with Crippen molar-refractivity contribution in [3.8, 4) is 0 Å². The highest BCUT2D eigenvalue weighted by molar-refractivity contribution is 5.94. The minimum absolute atomic E-state index is 0.0459. The molecule has 1 saturated heterocycles. The van der Waals surface area contributed by atoms with Gasteiger partial charge >= 0.3 is 0 Å². The van der Waals surface area contributed by atoms with E-state index in [9.17, 15) is 9.59 Å². The van der Waals surface area contributed by atoms with Gasteiger partial charge in [-0.1, -0.05) is 0 Å². The Kier molecular flexibility index (Phi) is 5.65. The van der Waals surface area contributed by atoms with Crippen LogP contribution in [0, 0.1) is 0 Å². The van der Waals surface area contributed by atoms with Crippen LogP contribution in [0.2, 0.25) is 0 Å². The average molecular weight is 242 g/mol. The third kappa shape index (κ3) is 4.54. The molecule has 2 unspecified atom stereocenters. The molecule has 6 heteroatoms. The maximum absolute atomic E-state index is 11.0. The van der Waals surface area contributed by atoms with Crippen molar-refractivity contribution in [1.29, 1.82) is 0 Å². The molecular formula is C11H18N2O4. The molecule has 2 amide bonds. The molecule has 0 radical (unpaired) electrons. The Labute approximate surface area is 101 Å². The molecule has 1 aliphatic heterocycles. The van der Waals surface area contributed by atoms with Gasteiger partial charge in [0.2, 0.25) is 6.41 Å². The molecule has 1 N–H and O–H groups in total. The van der Waals surface area contributed by atoms with Crippen LogP contribution in [0.3, 0.4) is 0 Å². The Morgan fingerprint density at radius 2 is 2.35 bits per heavy atom. The maximum Gasteiger partial charge on any atom is 0.251 e. The summed E-state index contributed by atoms with van der Waals surface area (Å²) in [6.45, 7) is 0.583. The molecule has 1 aliphatic rings. The van der Waals surface area contributed by atoms with E-state index in [-0.39, 0.29) is 12.3 Å². The molecule has 17 heavy (non-hydrogen) atoms. The van der Waals surface area contributed by atoms with E-state index in [1.54, 1.807) is 18.2 Å². The fourth-order valence-electron chi connectivity index (χ4n) is 1.68. The summed E-state index contributed by atoms with van der Waals surface area (Å²) in [7, 11) is 3.47. The SMILES string of the molecule is COCC1CCC(N(C)/C=C\C(=O)NC=O)O1. The number of imide groups is 1.